The summed E-state index contributed by atoms with van der Waals surface area (Å²) in [6.07, 6.45) is 3.39. The Kier molecular flexibility index (Phi) is 6.05. The van der Waals surface area contributed by atoms with Gasteiger partial charge in [-0.2, -0.15) is 0 Å². The lowest BCUT2D eigenvalue weighted by Gasteiger charge is -2.10. The Morgan fingerprint density at radius 2 is 1.80 bits per heavy atom. The fourth-order valence-corrected chi connectivity index (χ4v) is 4.12. The summed E-state index contributed by atoms with van der Waals surface area (Å²) in [7, 11) is 0. The van der Waals surface area contributed by atoms with Gasteiger partial charge in [-0.05, 0) is 48.2 Å². The predicted octanol–water partition coefficient (Wildman–Crippen LogP) is 6.23. The smallest absolute Gasteiger partial charge is 0.338 e. The van der Waals surface area contributed by atoms with Gasteiger partial charge in [-0.15, -0.1) is 11.3 Å². The first-order chi connectivity index (χ1) is 14.7. The molecule has 0 aliphatic heterocycles. The fourth-order valence-electron chi connectivity index (χ4n) is 3.21. The lowest BCUT2D eigenvalue weighted by molar-refractivity contribution is 0.0505. The fraction of sp³-hybridized carbons (Fsp3) is 0.208. The maximum absolute atomic E-state index is 12.0. The molecule has 2 heterocycles. The number of thiophene rings is 1. The number of carbonyl (C=O) groups excluding carboxylic acids is 1. The number of fused-ring (bicyclic) bond motifs is 1. The summed E-state index contributed by atoms with van der Waals surface area (Å²) < 4.78 is 5.19. The zero-order valence-corrected chi connectivity index (χ0v) is 17.8. The van der Waals surface area contributed by atoms with E-state index < -0.39 is 0 Å². The van der Waals surface area contributed by atoms with Gasteiger partial charge in [0.1, 0.15) is 17.0 Å². The van der Waals surface area contributed by atoms with E-state index in [2.05, 4.69) is 51.9 Å². The molecule has 5 nitrogen and oxygen atoms in total. The number of hydrogen-bond acceptors (Lipinski definition) is 6. The molecule has 0 aliphatic rings. The van der Waals surface area contributed by atoms with Gasteiger partial charge >= 0.3 is 5.97 Å². The molecule has 0 bridgehead atoms. The highest BCUT2D eigenvalue weighted by atomic mass is 32.1. The largest absolute Gasteiger partial charge is 0.462 e. The van der Waals surface area contributed by atoms with Crippen LogP contribution in [-0.2, 0) is 11.2 Å². The summed E-state index contributed by atoms with van der Waals surface area (Å²) in [5, 5.41) is 6.50. The van der Waals surface area contributed by atoms with Crippen LogP contribution in [0.25, 0.3) is 21.3 Å². The third-order valence-electron chi connectivity index (χ3n) is 4.86. The molecule has 30 heavy (non-hydrogen) atoms. The van der Waals surface area contributed by atoms with Gasteiger partial charge in [-0.25, -0.2) is 14.8 Å². The minimum absolute atomic E-state index is 0.302. The number of anilines is 2. The standard InChI is InChI=1S/C24H23N3O2S/c1-3-13-29-24(28)18-9-11-19(12-10-18)27-22-21-20(14-30-23(21)26-15-25-22)17-7-5-16(4-2)6-8-17/h5-12,14-15H,3-4,13H2,1-2H3,(H,25,26,27). The predicted molar refractivity (Wildman–Crippen MR) is 123 cm³/mol. The highest BCUT2D eigenvalue weighted by Gasteiger charge is 2.14. The van der Waals surface area contributed by atoms with Crippen LogP contribution < -0.4 is 5.32 Å². The maximum atomic E-state index is 12.0. The van der Waals surface area contributed by atoms with Gasteiger partial charge in [-0.1, -0.05) is 38.1 Å². The van der Waals surface area contributed by atoms with Crippen LogP contribution in [0.4, 0.5) is 11.5 Å². The van der Waals surface area contributed by atoms with E-state index in [1.807, 2.05) is 19.1 Å². The number of hydrogen-bond donors (Lipinski definition) is 1. The van der Waals surface area contributed by atoms with Crippen LogP contribution in [0.1, 0.15) is 36.2 Å². The third kappa shape index (κ3) is 4.19. The molecular weight excluding hydrogens is 394 g/mol. The zero-order chi connectivity index (χ0) is 20.9. The number of aryl methyl sites for hydroxylation is 1. The van der Waals surface area contributed by atoms with E-state index >= 15 is 0 Å². The van der Waals surface area contributed by atoms with Crippen LogP contribution >= 0.6 is 11.3 Å². The summed E-state index contributed by atoms with van der Waals surface area (Å²) in [5.74, 6) is 0.445. The lowest BCUT2D eigenvalue weighted by atomic mass is 10.0. The summed E-state index contributed by atoms with van der Waals surface area (Å²) in [6.45, 7) is 4.55. The number of carbonyl (C=O) groups is 1. The molecule has 6 heteroatoms. The first kappa shape index (κ1) is 20.0. The van der Waals surface area contributed by atoms with E-state index in [1.54, 1.807) is 29.8 Å². The molecule has 1 N–H and O–H groups in total. The molecule has 2 aromatic carbocycles. The Balaban J connectivity index is 1.63. The Morgan fingerprint density at radius 3 is 2.50 bits per heavy atom. The molecule has 4 rings (SSSR count). The number of esters is 1. The monoisotopic (exact) mass is 417 g/mol. The number of rotatable bonds is 7. The van der Waals surface area contributed by atoms with Crippen LogP contribution in [0.3, 0.4) is 0 Å². The number of aromatic nitrogens is 2. The average molecular weight is 418 g/mol. The van der Waals surface area contributed by atoms with Crippen molar-refractivity contribution >= 4 is 39.0 Å². The quantitative estimate of drug-likeness (QED) is 0.361. The average Bonchev–Trinajstić information content (AvgIpc) is 3.23. The van der Waals surface area contributed by atoms with Crippen molar-refractivity contribution in [2.45, 2.75) is 26.7 Å². The second-order valence-corrected chi connectivity index (χ2v) is 7.80. The van der Waals surface area contributed by atoms with E-state index in [0.29, 0.717) is 12.2 Å². The Hall–Kier alpha value is -3.25. The first-order valence-corrected chi connectivity index (χ1v) is 10.9. The second kappa shape index (κ2) is 9.05. The van der Waals surface area contributed by atoms with Crippen molar-refractivity contribution in [1.82, 2.24) is 9.97 Å². The van der Waals surface area contributed by atoms with Gasteiger partial charge < -0.3 is 10.1 Å². The minimum Gasteiger partial charge on any atom is -0.462 e. The van der Waals surface area contributed by atoms with Crippen molar-refractivity contribution < 1.29 is 9.53 Å². The number of benzene rings is 2. The first-order valence-electron chi connectivity index (χ1n) is 10.0. The van der Waals surface area contributed by atoms with E-state index in [-0.39, 0.29) is 5.97 Å². The molecule has 0 amide bonds. The summed E-state index contributed by atoms with van der Waals surface area (Å²) in [6, 6.07) is 15.9. The van der Waals surface area contributed by atoms with E-state index in [9.17, 15) is 4.79 Å². The van der Waals surface area contributed by atoms with Crippen LogP contribution in [0.2, 0.25) is 0 Å². The molecule has 2 aromatic heterocycles. The molecule has 0 saturated carbocycles. The van der Waals surface area contributed by atoms with Crippen LogP contribution in [0.15, 0.2) is 60.2 Å². The Labute approximate surface area is 179 Å². The van der Waals surface area contributed by atoms with Gasteiger partial charge in [0.2, 0.25) is 0 Å². The van der Waals surface area contributed by atoms with Gasteiger partial charge in [0.05, 0.1) is 17.6 Å². The van der Waals surface area contributed by atoms with Crippen molar-refractivity contribution in [3.05, 3.63) is 71.4 Å². The van der Waals surface area contributed by atoms with Crippen molar-refractivity contribution in [1.29, 1.82) is 0 Å². The zero-order valence-electron chi connectivity index (χ0n) is 17.0. The highest BCUT2D eigenvalue weighted by molar-refractivity contribution is 7.17. The Morgan fingerprint density at radius 1 is 1.03 bits per heavy atom. The molecule has 0 radical (unpaired) electrons. The van der Waals surface area contributed by atoms with Gasteiger partial charge in [0.15, 0.2) is 0 Å². The lowest BCUT2D eigenvalue weighted by Crippen LogP contribution is -2.05. The van der Waals surface area contributed by atoms with Gasteiger partial charge in [0.25, 0.3) is 0 Å². The second-order valence-electron chi connectivity index (χ2n) is 6.94. The van der Waals surface area contributed by atoms with Crippen LogP contribution in [0.5, 0.6) is 0 Å². The van der Waals surface area contributed by atoms with E-state index in [0.717, 1.165) is 45.7 Å². The van der Waals surface area contributed by atoms with Crippen molar-refractivity contribution in [3.8, 4) is 11.1 Å². The number of nitrogens with one attached hydrogen (secondary N) is 1. The van der Waals surface area contributed by atoms with Crippen LogP contribution in [-0.4, -0.2) is 22.5 Å². The molecule has 4 aromatic rings. The third-order valence-corrected chi connectivity index (χ3v) is 5.75. The van der Waals surface area contributed by atoms with Crippen molar-refractivity contribution in [2.24, 2.45) is 0 Å². The Bertz CT molecular complexity index is 1150. The van der Waals surface area contributed by atoms with Crippen LogP contribution in [0, 0.1) is 0 Å². The normalized spacial score (nSPS) is 10.9. The van der Waals surface area contributed by atoms with Gasteiger partial charge in [0, 0.05) is 16.6 Å². The topological polar surface area (TPSA) is 64.1 Å². The molecule has 0 atom stereocenters. The molecule has 0 unspecified atom stereocenters. The SMILES string of the molecule is CCCOC(=O)c1ccc(Nc2ncnc3scc(-c4ccc(CC)cc4)c23)cc1. The summed E-state index contributed by atoms with van der Waals surface area (Å²) >= 11 is 1.61. The van der Waals surface area contributed by atoms with E-state index in [1.165, 1.54) is 5.56 Å². The van der Waals surface area contributed by atoms with Crippen molar-refractivity contribution in [2.75, 3.05) is 11.9 Å². The number of ether oxygens (including phenoxy) is 1. The maximum Gasteiger partial charge on any atom is 0.338 e. The molecule has 0 spiro atoms. The molecule has 152 valence electrons. The number of nitrogens with zero attached hydrogens (tertiary/aromatic N) is 2. The molecule has 0 fully saturated rings. The minimum atomic E-state index is -0.302. The molecule has 0 saturated heterocycles. The van der Waals surface area contributed by atoms with E-state index in [4.69, 9.17) is 4.74 Å². The van der Waals surface area contributed by atoms with Crippen molar-refractivity contribution in [3.63, 3.8) is 0 Å². The van der Waals surface area contributed by atoms with Gasteiger partial charge in [-0.3, -0.25) is 0 Å². The summed E-state index contributed by atoms with van der Waals surface area (Å²) in [4.78, 5) is 21.9. The molecular formula is C24H23N3O2S. The highest BCUT2D eigenvalue weighted by Crippen LogP contribution is 2.37. The molecule has 0 aliphatic carbocycles. The summed E-state index contributed by atoms with van der Waals surface area (Å²) in [5.41, 5.74) is 4.95.